The van der Waals surface area contributed by atoms with Crippen LogP contribution in [0.3, 0.4) is 0 Å². The molecule has 4 nitrogen and oxygen atoms in total. The molecule has 2 N–H and O–H groups in total. The molecule has 0 fully saturated rings. The maximum atomic E-state index is 9.66. The van der Waals surface area contributed by atoms with E-state index in [9.17, 15) is 5.11 Å². The lowest BCUT2D eigenvalue weighted by Gasteiger charge is -2.16. The van der Waals surface area contributed by atoms with Crippen LogP contribution in [0.15, 0.2) is 18.2 Å². The van der Waals surface area contributed by atoms with Crippen molar-refractivity contribution in [1.82, 2.24) is 5.32 Å². The number of nitrogens with zero attached hydrogens (tertiary/aromatic N) is 1. The van der Waals surface area contributed by atoms with E-state index < -0.39 is 5.41 Å². The lowest BCUT2D eigenvalue weighted by Crippen LogP contribution is -2.27. The first-order valence-electron chi connectivity index (χ1n) is 5.46. The highest BCUT2D eigenvalue weighted by molar-refractivity contribution is 5.39. The van der Waals surface area contributed by atoms with Crippen LogP contribution in [0.5, 0.6) is 11.5 Å². The van der Waals surface area contributed by atoms with E-state index in [-0.39, 0.29) is 5.75 Å². The van der Waals surface area contributed by atoms with Gasteiger partial charge in [-0.05, 0) is 32.0 Å². The lowest BCUT2D eigenvalue weighted by atomic mass is 9.96. The first-order chi connectivity index (χ1) is 7.98. The molecule has 1 aromatic carbocycles. The summed E-state index contributed by atoms with van der Waals surface area (Å²) in [5.41, 5.74) is 0.354. The Balaban J connectivity index is 2.61. The fourth-order valence-corrected chi connectivity index (χ4v) is 1.38. The standard InChI is InChI=1S/C13H18N2O2/c1-13(2,8-14)9-15-7-10-6-11(17-3)4-5-12(10)16/h4-6,15-16H,7,9H2,1-3H3. The van der Waals surface area contributed by atoms with Gasteiger partial charge < -0.3 is 15.2 Å². The molecule has 0 aliphatic heterocycles. The van der Waals surface area contributed by atoms with Gasteiger partial charge in [-0.25, -0.2) is 0 Å². The zero-order valence-electron chi connectivity index (χ0n) is 10.4. The van der Waals surface area contributed by atoms with Crippen LogP contribution in [-0.2, 0) is 6.54 Å². The van der Waals surface area contributed by atoms with Crippen LogP contribution >= 0.6 is 0 Å². The first-order valence-corrected chi connectivity index (χ1v) is 5.46. The van der Waals surface area contributed by atoms with Gasteiger partial charge in [0.2, 0.25) is 0 Å². The molecule has 0 heterocycles. The maximum Gasteiger partial charge on any atom is 0.120 e. The van der Waals surface area contributed by atoms with E-state index in [0.29, 0.717) is 18.8 Å². The largest absolute Gasteiger partial charge is 0.508 e. The summed E-state index contributed by atoms with van der Waals surface area (Å²) in [4.78, 5) is 0. The van der Waals surface area contributed by atoms with Gasteiger partial charge in [0.1, 0.15) is 11.5 Å². The van der Waals surface area contributed by atoms with Crippen LogP contribution in [0.1, 0.15) is 19.4 Å². The van der Waals surface area contributed by atoms with E-state index >= 15 is 0 Å². The van der Waals surface area contributed by atoms with Gasteiger partial charge in [-0.15, -0.1) is 0 Å². The van der Waals surface area contributed by atoms with Crippen LogP contribution in [0.2, 0.25) is 0 Å². The summed E-state index contributed by atoms with van der Waals surface area (Å²) in [6, 6.07) is 7.30. The summed E-state index contributed by atoms with van der Waals surface area (Å²) < 4.78 is 5.09. The van der Waals surface area contributed by atoms with Crippen molar-refractivity contribution in [3.05, 3.63) is 23.8 Å². The maximum absolute atomic E-state index is 9.66. The highest BCUT2D eigenvalue weighted by Crippen LogP contribution is 2.22. The number of phenolic OH excluding ortho intramolecular Hbond substituents is 1. The summed E-state index contributed by atoms with van der Waals surface area (Å²) in [6.07, 6.45) is 0. The molecule has 0 atom stereocenters. The Hall–Kier alpha value is -1.73. The molecule has 92 valence electrons. The number of hydrogen-bond donors (Lipinski definition) is 2. The molecule has 0 aliphatic carbocycles. The van der Waals surface area contributed by atoms with Crippen molar-refractivity contribution in [2.75, 3.05) is 13.7 Å². The smallest absolute Gasteiger partial charge is 0.120 e. The van der Waals surface area contributed by atoms with Crippen molar-refractivity contribution in [2.24, 2.45) is 5.41 Å². The Morgan fingerprint density at radius 2 is 2.18 bits per heavy atom. The number of nitriles is 1. The van der Waals surface area contributed by atoms with Crippen LogP contribution in [0, 0.1) is 16.7 Å². The molecule has 1 aromatic rings. The Morgan fingerprint density at radius 1 is 1.47 bits per heavy atom. The lowest BCUT2D eigenvalue weighted by molar-refractivity contribution is 0.407. The molecular formula is C13H18N2O2. The molecule has 0 aliphatic rings. The second-order valence-corrected chi connectivity index (χ2v) is 4.59. The number of phenols is 1. The predicted molar refractivity (Wildman–Crippen MR) is 65.8 cm³/mol. The van der Waals surface area contributed by atoms with Crippen molar-refractivity contribution in [2.45, 2.75) is 20.4 Å². The van der Waals surface area contributed by atoms with Gasteiger partial charge in [-0.1, -0.05) is 0 Å². The molecule has 0 amide bonds. The van der Waals surface area contributed by atoms with Gasteiger partial charge in [-0.2, -0.15) is 5.26 Å². The highest BCUT2D eigenvalue weighted by atomic mass is 16.5. The summed E-state index contributed by atoms with van der Waals surface area (Å²) in [6.45, 7) is 4.81. The summed E-state index contributed by atoms with van der Waals surface area (Å²) in [7, 11) is 1.59. The molecule has 0 saturated carbocycles. The third-order valence-corrected chi connectivity index (χ3v) is 2.47. The number of hydrogen-bond acceptors (Lipinski definition) is 4. The molecule has 0 saturated heterocycles. The quantitative estimate of drug-likeness (QED) is 0.818. The van der Waals surface area contributed by atoms with E-state index in [4.69, 9.17) is 10.00 Å². The Morgan fingerprint density at radius 3 is 2.76 bits per heavy atom. The predicted octanol–water partition coefficient (Wildman–Crippen LogP) is 2.04. The first kappa shape index (κ1) is 13.3. The monoisotopic (exact) mass is 234 g/mol. The molecule has 0 aromatic heterocycles. The van der Waals surface area contributed by atoms with E-state index in [0.717, 1.165) is 5.56 Å². The normalized spacial score (nSPS) is 10.9. The third kappa shape index (κ3) is 3.97. The van der Waals surface area contributed by atoms with E-state index in [2.05, 4.69) is 11.4 Å². The number of ether oxygens (including phenoxy) is 1. The third-order valence-electron chi connectivity index (χ3n) is 2.47. The van der Waals surface area contributed by atoms with E-state index in [1.807, 2.05) is 13.8 Å². The van der Waals surface area contributed by atoms with Gasteiger partial charge in [0, 0.05) is 18.7 Å². The van der Waals surface area contributed by atoms with Gasteiger partial charge in [0.25, 0.3) is 0 Å². The number of rotatable bonds is 5. The molecule has 0 unspecified atom stereocenters. The molecule has 0 spiro atoms. The van der Waals surface area contributed by atoms with Gasteiger partial charge in [0.05, 0.1) is 18.6 Å². The minimum atomic E-state index is -0.408. The van der Waals surface area contributed by atoms with Crippen molar-refractivity contribution < 1.29 is 9.84 Å². The SMILES string of the molecule is COc1ccc(O)c(CNCC(C)(C)C#N)c1. The number of aromatic hydroxyl groups is 1. The second kappa shape index (κ2) is 5.55. The molecular weight excluding hydrogens is 216 g/mol. The van der Waals surface area contributed by atoms with Crippen LogP contribution in [0.25, 0.3) is 0 Å². The number of benzene rings is 1. The van der Waals surface area contributed by atoms with E-state index in [1.54, 1.807) is 25.3 Å². The summed E-state index contributed by atoms with van der Waals surface area (Å²) in [5.74, 6) is 0.937. The highest BCUT2D eigenvalue weighted by Gasteiger charge is 2.15. The fraction of sp³-hybridized carbons (Fsp3) is 0.462. The Bertz CT molecular complexity index is 422. The molecule has 4 heteroatoms. The summed E-state index contributed by atoms with van der Waals surface area (Å²) >= 11 is 0. The zero-order valence-corrected chi connectivity index (χ0v) is 10.4. The molecule has 0 radical (unpaired) electrons. The minimum absolute atomic E-state index is 0.230. The molecule has 0 bridgehead atoms. The van der Waals surface area contributed by atoms with Gasteiger partial charge in [-0.3, -0.25) is 0 Å². The molecule has 1 rings (SSSR count). The van der Waals surface area contributed by atoms with Crippen LogP contribution in [0.4, 0.5) is 0 Å². The fourth-order valence-electron chi connectivity index (χ4n) is 1.38. The topological polar surface area (TPSA) is 65.3 Å². The zero-order chi connectivity index (χ0) is 12.9. The van der Waals surface area contributed by atoms with Gasteiger partial charge in [0.15, 0.2) is 0 Å². The van der Waals surface area contributed by atoms with Crippen molar-refractivity contribution in [1.29, 1.82) is 5.26 Å². The minimum Gasteiger partial charge on any atom is -0.508 e. The summed E-state index contributed by atoms with van der Waals surface area (Å²) in [5, 5.41) is 21.7. The Kier molecular flexibility index (Phi) is 4.36. The van der Waals surface area contributed by atoms with E-state index in [1.165, 1.54) is 0 Å². The number of nitrogens with one attached hydrogen (secondary N) is 1. The van der Waals surface area contributed by atoms with Crippen molar-refractivity contribution in [3.63, 3.8) is 0 Å². The molecule has 17 heavy (non-hydrogen) atoms. The number of methoxy groups -OCH3 is 1. The van der Waals surface area contributed by atoms with Crippen LogP contribution in [-0.4, -0.2) is 18.8 Å². The van der Waals surface area contributed by atoms with Crippen LogP contribution < -0.4 is 10.1 Å². The van der Waals surface area contributed by atoms with Crippen molar-refractivity contribution >= 4 is 0 Å². The average molecular weight is 234 g/mol. The Labute approximate surface area is 102 Å². The second-order valence-electron chi connectivity index (χ2n) is 4.59. The van der Waals surface area contributed by atoms with Gasteiger partial charge >= 0.3 is 0 Å². The average Bonchev–Trinajstić information content (AvgIpc) is 2.31. The van der Waals surface area contributed by atoms with Crippen molar-refractivity contribution in [3.8, 4) is 17.6 Å².